The average Bonchev–Trinajstić information content (AvgIpc) is 3.49. The molecule has 7 atom stereocenters. The van der Waals surface area contributed by atoms with Crippen molar-refractivity contribution in [2.45, 2.75) is 103 Å². The number of hydrogen-bond donors (Lipinski definition) is 2. The predicted octanol–water partition coefficient (Wildman–Crippen LogP) is 5.70. The number of aliphatic hydroxyl groups excluding tert-OH is 2. The van der Waals surface area contributed by atoms with Gasteiger partial charge in [0, 0.05) is 5.92 Å². The van der Waals surface area contributed by atoms with Crippen LogP contribution in [0.5, 0.6) is 0 Å². The van der Waals surface area contributed by atoms with Crippen molar-refractivity contribution in [3.05, 3.63) is 29.5 Å². The Balaban J connectivity index is 1.87. The van der Waals surface area contributed by atoms with Crippen LogP contribution in [0.3, 0.4) is 0 Å². The molecule has 6 nitrogen and oxygen atoms in total. The fourth-order valence-corrected chi connectivity index (χ4v) is 6.14. The van der Waals surface area contributed by atoms with E-state index in [1.165, 1.54) is 0 Å². The molecule has 2 heterocycles. The quantitative estimate of drug-likeness (QED) is 0.382. The number of ether oxygens (including phenoxy) is 1. The van der Waals surface area contributed by atoms with Crippen molar-refractivity contribution < 1.29 is 24.5 Å². The Morgan fingerprint density at radius 1 is 1.19 bits per heavy atom. The third-order valence-electron chi connectivity index (χ3n) is 8.89. The molecule has 3 rings (SSSR count). The number of hydrogen-bond acceptors (Lipinski definition) is 7. The Kier molecular flexibility index (Phi) is 9.68. The van der Waals surface area contributed by atoms with Gasteiger partial charge in [-0.15, -0.1) is 11.8 Å². The molecule has 37 heavy (non-hydrogen) atoms. The van der Waals surface area contributed by atoms with Gasteiger partial charge >= 0.3 is 5.97 Å². The monoisotopic (exact) mass is 531 g/mol. The van der Waals surface area contributed by atoms with Crippen molar-refractivity contribution in [1.82, 2.24) is 4.98 Å². The predicted molar refractivity (Wildman–Crippen MR) is 148 cm³/mol. The van der Waals surface area contributed by atoms with E-state index in [2.05, 4.69) is 11.9 Å². The minimum atomic E-state index is -1.21. The number of aliphatic hydroxyl groups is 2. The van der Waals surface area contributed by atoms with Crippen LogP contribution >= 0.6 is 11.8 Å². The van der Waals surface area contributed by atoms with E-state index in [-0.39, 0.29) is 23.5 Å². The van der Waals surface area contributed by atoms with Crippen molar-refractivity contribution in [2.75, 3.05) is 6.26 Å². The number of carbonyl (C=O) groups excluding carboxylic acids is 2. The first-order valence-electron chi connectivity index (χ1n) is 13.6. The summed E-state index contributed by atoms with van der Waals surface area (Å²) in [5.74, 6) is -0.966. The maximum Gasteiger partial charge on any atom is 0.309 e. The molecule has 7 heteroatoms. The molecule has 1 unspecified atom stereocenters. The maximum absolute atomic E-state index is 13.3. The van der Waals surface area contributed by atoms with Crippen LogP contribution in [0, 0.1) is 28.6 Å². The molecule has 0 radical (unpaired) electrons. The van der Waals surface area contributed by atoms with Crippen molar-refractivity contribution in [3.8, 4) is 0 Å². The smallest absolute Gasteiger partial charge is 0.309 e. The van der Waals surface area contributed by atoms with E-state index in [1.54, 1.807) is 32.5 Å². The number of thioether (sulfide) groups is 1. The number of fused-ring (bicyclic) bond motifs is 1. The number of carbonyl (C=O) groups is 2. The number of pyridine rings is 1. The van der Waals surface area contributed by atoms with Gasteiger partial charge in [0.25, 0.3) is 0 Å². The van der Waals surface area contributed by atoms with Crippen molar-refractivity contribution >= 4 is 29.6 Å². The largest absolute Gasteiger partial charge is 0.458 e. The van der Waals surface area contributed by atoms with Gasteiger partial charge in [0.1, 0.15) is 11.9 Å². The van der Waals surface area contributed by atoms with Crippen molar-refractivity contribution in [3.63, 3.8) is 0 Å². The highest BCUT2D eigenvalue weighted by Gasteiger charge is 2.50. The molecule has 0 bridgehead atoms. The second kappa shape index (κ2) is 12.0. The average molecular weight is 532 g/mol. The number of nitrogens with zero attached hydrogens (tertiary/aromatic N) is 1. The van der Waals surface area contributed by atoms with Crippen LogP contribution in [0.2, 0.25) is 0 Å². The van der Waals surface area contributed by atoms with Crippen LogP contribution in [-0.2, 0) is 14.3 Å². The molecule has 1 aromatic rings. The molecule has 1 aliphatic heterocycles. The van der Waals surface area contributed by atoms with Crippen LogP contribution in [0.4, 0.5) is 0 Å². The Morgan fingerprint density at radius 2 is 1.89 bits per heavy atom. The number of rotatable bonds is 3. The Hall–Kier alpha value is -1.70. The molecule has 1 aliphatic carbocycles. The number of cyclic esters (lactones) is 1. The van der Waals surface area contributed by atoms with E-state index in [1.807, 2.05) is 44.4 Å². The highest BCUT2D eigenvalue weighted by Crippen LogP contribution is 2.58. The van der Waals surface area contributed by atoms with Gasteiger partial charge in [-0.1, -0.05) is 47.1 Å². The first-order chi connectivity index (χ1) is 17.3. The Morgan fingerprint density at radius 3 is 2.57 bits per heavy atom. The topological polar surface area (TPSA) is 96.7 Å². The zero-order chi connectivity index (χ0) is 27.5. The highest BCUT2D eigenvalue weighted by molar-refractivity contribution is 7.98. The van der Waals surface area contributed by atoms with E-state index >= 15 is 0 Å². The van der Waals surface area contributed by atoms with Gasteiger partial charge in [0.05, 0.1) is 34.8 Å². The molecule has 0 amide bonds. The number of aromatic nitrogens is 1. The third-order valence-corrected chi connectivity index (χ3v) is 9.54. The van der Waals surface area contributed by atoms with Crippen LogP contribution in [0.25, 0.3) is 6.08 Å². The van der Waals surface area contributed by atoms with Gasteiger partial charge in [-0.3, -0.25) is 9.59 Å². The van der Waals surface area contributed by atoms with Gasteiger partial charge in [-0.25, -0.2) is 4.98 Å². The normalized spacial score (nSPS) is 36.0. The second-order valence-corrected chi connectivity index (χ2v) is 13.0. The summed E-state index contributed by atoms with van der Waals surface area (Å²) in [5, 5.41) is 22.8. The molecular formula is C30H45NO5S. The second-order valence-electron chi connectivity index (χ2n) is 12.2. The lowest BCUT2D eigenvalue weighted by Crippen LogP contribution is -2.45. The van der Waals surface area contributed by atoms with E-state index in [4.69, 9.17) is 4.74 Å². The zero-order valence-electron chi connectivity index (χ0n) is 23.5. The molecule has 1 aromatic heterocycles. The molecular weight excluding hydrogens is 486 g/mol. The van der Waals surface area contributed by atoms with Gasteiger partial charge in [-0.05, 0) is 79.9 Å². The number of Topliss-reactive ketones (excluding diaryl/α,β-unsaturated/α-hetero) is 1. The first kappa shape index (κ1) is 29.9. The SMILES string of the molecule is CSc1cccc(/C=C(\C)C2C[C@@H]3C[C@@]3(C)CCC[C@H](C)[C@H](O)[C@@H](C)C(=O)C(C)(C)[C@@H](O)CC(=O)O2)n1. The molecule has 0 aromatic carbocycles. The Bertz CT molecular complexity index is 1010. The minimum Gasteiger partial charge on any atom is -0.458 e. The van der Waals surface area contributed by atoms with E-state index in [0.717, 1.165) is 48.4 Å². The summed E-state index contributed by atoms with van der Waals surface area (Å²) in [6.45, 7) is 11.3. The van der Waals surface area contributed by atoms with Crippen molar-refractivity contribution in [2.24, 2.45) is 28.6 Å². The van der Waals surface area contributed by atoms with Crippen LogP contribution in [0.15, 0.2) is 28.8 Å². The maximum atomic E-state index is 13.3. The third kappa shape index (κ3) is 7.24. The fourth-order valence-electron chi connectivity index (χ4n) is 5.73. The van der Waals surface area contributed by atoms with E-state index in [9.17, 15) is 19.8 Å². The number of ketones is 1. The van der Waals surface area contributed by atoms with Crippen molar-refractivity contribution in [1.29, 1.82) is 0 Å². The van der Waals surface area contributed by atoms with Crippen LogP contribution < -0.4 is 0 Å². The minimum absolute atomic E-state index is 0.0203. The first-order valence-corrected chi connectivity index (χ1v) is 14.8. The summed E-state index contributed by atoms with van der Waals surface area (Å²) >= 11 is 1.58. The molecule has 206 valence electrons. The highest BCUT2D eigenvalue weighted by atomic mass is 32.2. The van der Waals surface area contributed by atoms with Gasteiger partial charge in [0.15, 0.2) is 0 Å². The summed E-state index contributed by atoms with van der Waals surface area (Å²) in [4.78, 5) is 31.0. The number of esters is 1. The van der Waals surface area contributed by atoms with Gasteiger partial charge in [0.2, 0.25) is 0 Å². The van der Waals surface area contributed by atoms with E-state index < -0.39 is 35.6 Å². The van der Waals surface area contributed by atoms with Gasteiger partial charge in [-0.2, -0.15) is 0 Å². The summed E-state index contributed by atoms with van der Waals surface area (Å²) in [6.07, 6.45) is 5.95. The zero-order valence-corrected chi connectivity index (χ0v) is 24.3. The molecule has 2 N–H and O–H groups in total. The molecule has 2 aliphatic rings. The summed E-state index contributed by atoms with van der Waals surface area (Å²) in [6, 6.07) is 5.87. The molecule has 2 fully saturated rings. The lowest BCUT2D eigenvalue weighted by atomic mass is 9.73. The lowest BCUT2D eigenvalue weighted by Gasteiger charge is -2.34. The summed E-state index contributed by atoms with van der Waals surface area (Å²) < 4.78 is 5.99. The van der Waals surface area contributed by atoms with E-state index in [0.29, 0.717) is 5.92 Å². The van der Waals surface area contributed by atoms with Gasteiger partial charge < -0.3 is 14.9 Å². The van der Waals surface area contributed by atoms with Crippen LogP contribution in [0.1, 0.15) is 85.8 Å². The lowest BCUT2D eigenvalue weighted by molar-refractivity contribution is -0.154. The summed E-state index contributed by atoms with van der Waals surface area (Å²) in [5.41, 5.74) is 0.740. The Labute approximate surface area is 226 Å². The van der Waals surface area contributed by atoms with Crippen LogP contribution in [-0.4, -0.2) is 51.5 Å². The molecule has 1 saturated heterocycles. The molecule has 0 spiro atoms. The fraction of sp³-hybridized carbons (Fsp3) is 0.700. The molecule has 1 saturated carbocycles. The summed E-state index contributed by atoms with van der Waals surface area (Å²) in [7, 11) is 0. The standard InChI is InChI=1S/C30H45NO5S/c1-18-10-9-13-30(6)17-21(30)15-23(19(2)14-22-11-8-12-25(31-22)37-7)36-26(33)16-24(32)29(4,5)28(35)20(3)27(18)34/h8,11-12,14,18,20-21,23-24,27,32,34H,9-10,13,15-17H2,1-7H3/b19-14+/t18-,20+,21+,23?,24-,27-,30+/m0/s1.